The smallest absolute Gasteiger partial charge is 0.264 e. The third-order valence-corrected chi connectivity index (χ3v) is 9.50. The zero-order valence-electron chi connectivity index (χ0n) is 23.5. The second-order valence-corrected chi connectivity index (χ2v) is 12.3. The molecule has 1 aliphatic carbocycles. The first-order valence-corrected chi connectivity index (χ1v) is 15.5. The number of anilines is 1. The molecule has 1 aliphatic rings. The van der Waals surface area contributed by atoms with Crippen LogP contribution in [0.25, 0.3) is 0 Å². The van der Waals surface area contributed by atoms with Crippen LogP contribution in [0.15, 0.2) is 83.8 Å². The molecular weight excluding hydrogens is 522 g/mol. The SMILES string of the molecule is CCc1ccccc1N(CC(=O)N(Cc1ccccc1C)C(C)C(=O)NC1CCCC1)S(=O)(=O)c1ccccc1. The van der Waals surface area contributed by atoms with Crippen LogP contribution in [-0.4, -0.2) is 43.8 Å². The molecule has 1 atom stereocenters. The molecule has 0 bridgehead atoms. The Morgan fingerprint density at radius 2 is 1.50 bits per heavy atom. The molecule has 3 aromatic carbocycles. The lowest BCUT2D eigenvalue weighted by molar-refractivity contribution is -0.139. The average molecular weight is 562 g/mol. The number of hydrogen-bond acceptors (Lipinski definition) is 4. The molecule has 3 aromatic rings. The summed E-state index contributed by atoms with van der Waals surface area (Å²) >= 11 is 0. The molecule has 40 heavy (non-hydrogen) atoms. The topological polar surface area (TPSA) is 86.8 Å². The third kappa shape index (κ3) is 6.73. The van der Waals surface area contributed by atoms with E-state index < -0.39 is 28.5 Å². The van der Waals surface area contributed by atoms with Crippen molar-refractivity contribution in [2.45, 2.75) is 76.4 Å². The van der Waals surface area contributed by atoms with Crippen molar-refractivity contribution in [1.29, 1.82) is 0 Å². The highest BCUT2D eigenvalue weighted by molar-refractivity contribution is 7.92. The summed E-state index contributed by atoms with van der Waals surface area (Å²) in [5, 5.41) is 3.11. The van der Waals surface area contributed by atoms with Crippen LogP contribution in [0.4, 0.5) is 5.69 Å². The summed E-state index contributed by atoms with van der Waals surface area (Å²) in [6, 6.07) is 22.4. The maximum Gasteiger partial charge on any atom is 0.264 e. The van der Waals surface area contributed by atoms with E-state index in [0.717, 1.165) is 42.4 Å². The van der Waals surface area contributed by atoms with E-state index in [9.17, 15) is 18.0 Å². The quantitative estimate of drug-likeness (QED) is 0.347. The molecule has 0 radical (unpaired) electrons. The predicted molar refractivity (Wildman–Crippen MR) is 158 cm³/mol. The Hall–Kier alpha value is -3.65. The number of rotatable bonds is 11. The summed E-state index contributed by atoms with van der Waals surface area (Å²) in [5.74, 6) is -0.664. The maximum atomic E-state index is 14.1. The Bertz CT molecular complexity index is 1420. The van der Waals surface area contributed by atoms with Crippen molar-refractivity contribution in [3.63, 3.8) is 0 Å². The highest BCUT2D eigenvalue weighted by Gasteiger charge is 2.34. The first-order chi connectivity index (χ1) is 19.2. The van der Waals surface area contributed by atoms with Crippen molar-refractivity contribution in [3.05, 3.63) is 95.6 Å². The molecule has 7 nitrogen and oxygen atoms in total. The zero-order valence-corrected chi connectivity index (χ0v) is 24.4. The number of sulfonamides is 1. The Labute approximate surface area is 238 Å². The monoisotopic (exact) mass is 561 g/mol. The zero-order chi connectivity index (χ0) is 28.7. The van der Waals surface area contributed by atoms with Crippen LogP contribution in [0.1, 0.15) is 56.2 Å². The van der Waals surface area contributed by atoms with E-state index in [4.69, 9.17) is 0 Å². The Morgan fingerprint density at radius 1 is 0.900 bits per heavy atom. The van der Waals surface area contributed by atoms with Gasteiger partial charge in [-0.2, -0.15) is 0 Å². The second kappa shape index (κ2) is 13.1. The second-order valence-electron chi connectivity index (χ2n) is 10.4. The number of carbonyl (C=O) groups excluding carboxylic acids is 2. The van der Waals surface area contributed by atoms with Gasteiger partial charge in [-0.3, -0.25) is 13.9 Å². The Balaban J connectivity index is 1.71. The van der Waals surface area contributed by atoms with Gasteiger partial charge in [0, 0.05) is 12.6 Å². The van der Waals surface area contributed by atoms with Crippen molar-refractivity contribution >= 4 is 27.5 Å². The first-order valence-electron chi connectivity index (χ1n) is 14.0. The number of carbonyl (C=O) groups is 2. The number of para-hydroxylation sites is 1. The lowest BCUT2D eigenvalue weighted by Crippen LogP contribution is -2.52. The van der Waals surface area contributed by atoms with Gasteiger partial charge in [0.1, 0.15) is 12.6 Å². The first kappa shape index (κ1) is 29.3. The summed E-state index contributed by atoms with van der Waals surface area (Å²) < 4.78 is 29.2. The van der Waals surface area contributed by atoms with E-state index in [2.05, 4.69) is 5.32 Å². The average Bonchev–Trinajstić information content (AvgIpc) is 3.48. The van der Waals surface area contributed by atoms with Crippen LogP contribution in [0.5, 0.6) is 0 Å². The third-order valence-electron chi connectivity index (χ3n) is 7.72. The molecule has 0 aromatic heterocycles. The number of benzene rings is 3. The van der Waals surface area contributed by atoms with Gasteiger partial charge in [-0.05, 0) is 68.0 Å². The van der Waals surface area contributed by atoms with Crippen molar-refractivity contribution in [1.82, 2.24) is 10.2 Å². The van der Waals surface area contributed by atoms with Crippen LogP contribution in [-0.2, 0) is 32.6 Å². The highest BCUT2D eigenvalue weighted by Crippen LogP contribution is 2.28. The predicted octanol–water partition coefficient (Wildman–Crippen LogP) is 5.23. The number of nitrogens with zero attached hydrogens (tertiary/aromatic N) is 2. The summed E-state index contributed by atoms with van der Waals surface area (Å²) in [6.45, 7) is 5.40. The van der Waals surface area contributed by atoms with E-state index in [1.54, 1.807) is 37.3 Å². The van der Waals surface area contributed by atoms with Crippen molar-refractivity contribution in [3.8, 4) is 0 Å². The van der Waals surface area contributed by atoms with E-state index in [0.29, 0.717) is 12.1 Å². The van der Waals surface area contributed by atoms with Gasteiger partial charge in [0.2, 0.25) is 11.8 Å². The molecule has 0 saturated heterocycles. The minimum absolute atomic E-state index is 0.103. The summed E-state index contributed by atoms with van der Waals surface area (Å²) in [6.07, 6.45) is 4.61. The van der Waals surface area contributed by atoms with Gasteiger partial charge in [0.05, 0.1) is 10.6 Å². The fourth-order valence-corrected chi connectivity index (χ4v) is 6.70. The van der Waals surface area contributed by atoms with Crippen LogP contribution in [0, 0.1) is 6.92 Å². The van der Waals surface area contributed by atoms with Gasteiger partial charge in [-0.15, -0.1) is 0 Å². The van der Waals surface area contributed by atoms with Crippen molar-refractivity contribution in [2.75, 3.05) is 10.8 Å². The van der Waals surface area contributed by atoms with E-state index in [-0.39, 0.29) is 23.4 Å². The minimum Gasteiger partial charge on any atom is -0.352 e. The molecule has 0 heterocycles. The lowest BCUT2D eigenvalue weighted by Gasteiger charge is -2.33. The molecule has 2 amide bonds. The number of nitrogens with one attached hydrogen (secondary N) is 1. The number of aryl methyl sites for hydroxylation is 2. The van der Waals surface area contributed by atoms with E-state index in [1.807, 2.05) is 50.2 Å². The summed E-state index contributed by atoms with van der Waals surface area (Å²) in [5.41, 5.74) is 3.17. The fourth-order valence-electron chi connectivity index (χ4n) is 5.23. The van der Waals surface area contributed by atoms with Crippen LogP contribution < -0.4 is 9.62 Å². The number of hydrogen-bond donors (Lipinski definition) is 1. The van der Waals surface area contributed by atoms with Crippen LogP contribution in [0.2, 0.25) is 0 Å². The molecule has 1 N–H and O–H groups in total. The standard InChI is InChI=1S/C32H39N3O4S/c1-4-26-15-10-13-21-30(26)35(40(38,39)29-19-6-5-7-20-29)23-31(36)34(22-27-16-9-8-14-24(27)2)25(3)32(37)33-28-17-11-12-18-28/h5-10,13-16,19-21,25,28H,4,11-12,17-18,22-23H2,1-3H3,(H,33,37). The van der Waals surface area contributed by atoms with E-state index in [1.165, 1.54) is 21.3 Å². The number of amides is 2. The fraction of sp³-hybridized carbons (Fsp3) is 0.375. The van der Waals surface area contributed by atoms with Gasteiger partial charge in [0.25, 0.3) is 10.0 Å². The van der Waals surface area contributed by atoms with Gasteiger partial charge in [-0.25, -0.2) is 8.42 Å². The Morgan fingerprint density at radius 3 is 2.15 bits per heavy atom. The van der Waals surface area contributed by atoms with Crippen molar-refractivity contribution < 1.29 is 18.0 Å². The highest BCUT2D eigenvalue weighted by atomic mass is 32.2. The maximum absolute atomic E-state index is 14.1. The molecule has 0 aliphatic heterocycles. The summed E-state index contributed by atoms with van der Waals surface area (Å²) in [4.78, 5) is 29.1. The van der Waals surface area contributed by atoms with Crippen LogP contribution >= 0.6 is 0 Å². The molecule has 0 spiro atoms. The molecule has 4 rings (SSSR count). The van der Waals surface area contributed by atoms with Gasteiger partial charge in [-0.1, -0.05) is 80.4 Å². The summed E-state index contributed by atoms with van der Waals surface area (Å²) in [7, 11) is -4.08. The molecule has 1 saturated carbocycles. The molecular formula is C32H39N3O4S. The molecule has 8 heteroatoms. The van der Waals surface area contributed by atoms with Gasteiger partial charge in [0.15, 0.2) is 0 Å². The normalized spacial score (nSPS) is 14.5. The largest absolute Gasteiger partial charge is 0.352 e. The van der Waals surface area contributed by atoms with Crippen LogP contribution in [0.3, 0.4) is 0 Å². The van der Waals surface area contributed by atoms with Gasteiger partial charge >= 0.3 is 0 Å². The minimum atomic E-state index is -4.08. The molecule has 1 fully saturated rings. The van der Waals surface area contributed by atoms with E-state index >= 15 is 0 Å². The molecule has 212 valence electrons. The Kier molecular flexibility index (Phi) is 9.63. The van der Waals surface area contributed by atoms with Crippen molar-refractivity contribution in [2.24, 2.45) is 0 Å². The molecule has 1 unspecified atom stereocenters. The lowest BCUT2D eigenvalue weighted by atomic mass is 10.1. The van der Waals surface area contributed by atoms with Gasteiger partial charge < -0.3 is 10.2 Å².